The van der Waals surface area contributed by atoms with Gasteiger partial charge >= 0.3 is 29.6 Å². The first-order chi connectivity index (χ1) is 7.06. The monoisotopic (exact) mass is 256 g/mol. The van der Waals surface area contributed by atoms with E-state index in [0.29, 0.717) is 6.42 Å². The maximum absolute atomic E-state index is 10.0. The van der Waals surface area contributed by atoms with Crippen LogP contribution >= 0.6 is 0 Å². The molecule has 0 saturated carbocycles. The fourth-order valence-corrected chi connectivity index (χ4v) is 1.24. The van der Waals surface area contributed by atoms with Crippen LogP contribution < -0.4 is 29.6 Å². The normalized spacial score (nSPS) is 12.1. The van der Waals surface area contributed by atoms with Gasteiger partial charge in [0.15, 0.2) is 0 Å². The first kappa shape index (κ1) is 18.7. The molecule has 88 valence electrons. The molecule has 0 spiro atoms. The van der Waals surface area contributed by atoms with Gasteiger partial charge in [0.1, 0.15) is 0 Å². The summed E-state index contributed by atoms with van der Waals surface area (Å²) in [5.41, 5.74) is 0. The second kappa shape index (κ2) is 11.8. The van der Waals surface area contributed by atoms with E-state index in [4.69, 9.17) is 0 Å². The van der Waals surface area contributed by atoms with Crippen LogP contribution in [0.1, 0.15) is 32.6 Å². The zero-order chi connectivity index (χ0) is 11.6. The van der Waals surface area contributed by atoms with Gasteiger partial charge < -0.3 is 4.55 Å². The molecule has 0 N–H and O–H groups in total. The molecule has 0 bridgehead atoms. The van der Waals surface area contributed by atoms with Gasteiger partial charge in [-0.15, -0.1) is 0 Å². The SMILES string of the molecule is CC/C=C/C/C=C/CCCOS(=O)(=O)[O-].[Na+]. The number of hydrogen-bond acceptors (Lipinski definition) is 4. The van der Waals surface area contributed by atoms with Crippen LogP contribution in [0, 0.1) is 0 Å². The van der Waals surface area contributed by atoms with E-state index in [9.17, 15) is 13.0 Å². The maximum atomic E-state index is 10.0. The molecule has 0 fully saturated rings. The molecule has 6 heteroatoms. The number of rotatable bonds is 8. The molecule has 0 saturated heterocycles. The third-order valence-corrected chi connectivity index (χ3v) is 2.04. The molecule has 0 aromatic heterocycles. The summed E-state index contributed by atoms with van der Waals surface area (Å²) >= 11 is 0. The minimum Gasteiger partial charge on any atom is -0.726 e. The Morgan fingerprint density at radius 2 is 1.81 bits per heavy atom. The summed E-state index contributed by atoms with van der Waals surface area (Å²) in [7, 11) is -4.51. The predicted octanol–water partition coefficient (Wildman–Crippen LogP) is -0.840. The maximum Gasteiger partial charge on any atom is 1.00 e. The Balaban J connectivity index is 0. The van der Waals surface area contributed by atoms with Crippen molar-refractivity contribution < 1.29 is 46.7 Å². The Labute approximate surface area is 120 Å². The summed E-state index contributed by atoms with van der Waals surface area (Å²) in [6, 6.07) is 0. The van der Waals surface area contributed by atoms with Crippen molar-refractivity contribution in [1.29, 1.82) is 0 Å². The van der Waals surface area contributed by atoms with Gasteiger partial charge in [0, 0.05) is 0 Å². The van der Waals surface area contributed by atoms with Crippen LogP contribution in [0.25, 0.3) is 0 Å². The molecule has 0 atom stereocenters. The van der Waals surface area contributed by atoms with Crippen LogP contribution in [0.5, 0.6) is 0 Å². The van der Waals surface area contributed by atoms with Crippen molar-refractivity contribution in [2.45, 2.75) is 32.6 Å². The number of unbranched alkanes of at least 4 members (excludes halogenated alkanes) is 1. The molecule has 4 nitrogen and oxygen atoms in total. The van der Waals surface area contributed by atoms with Crippen LogP contribution in [0.3, 0.4) is 0 Å². The van der Waals surface area contributed by atoms with Gasteiger partial charge in [-0.2, -0.15) is 0 Å². The van der Waals surface area contributed by atoms with Gasteiger partial charge in [-0.1, -0.05) is 31.2 Å². The Kier molecular flexibility index (Phi) is 13.8. The van der Waals surface area contributed by atoms with E-state index in [1.165, 1.54) is 0 Å². The summed E-state index contributed by atoms with van der Waals surface area (Å²) in [6.07, 6.45) is 11.3. The Morgan fingerprint density at radius 3 is 2.38 bits per heavy atom. The van der Waals surface area contributed by atoms with Crippen LogP contribution in [0.4, 0.5) is 0 Å². The minimum absolute atomic E-state index is 0. The third kappa shape index (κ3) is 16.8. The van der Waals surface area contributed by atoms with Gasteiger partial charge in [0.05, 0.1) is 6.61 Å². The van der Waals surface area contributed by atoms with Gasteiger partial charge in [0.2, 0.25) is 10.4 Å². The summed E-state index contributed by atoms with van der Waals surface area (Å²) < 4.78 is 34.1. The Morgan fingerprint density at radius 1 is 1.19 bits per heavy atom. The molecule has 0 aliphatic heterocycles. The van der Waals surface area contributed by atoms with E-state index in [1.54, 1.807) is 0 Å². The van der Waals surface area contributed by atoms with Crippen molar-refractivity contribution in [3.8, 4) is 0 Å². The van der Waals surface area contributed by atoms with E-state index < -0.39 is 10.4 Å². The second-order valence-electron chi connectivity index (χ2n) is 2.96. The fraction of sp³-hybridized carbons (Fsp3) is 0.600. The van der Waals surface area contributed by atoms with E-state index in [2.05, 4.69) is 23.3 Å². The summed E-state index contributed by atoms with van der Waals surface area (Å²) in [6.45, 7) is 2.03. The molecule has 0 rings (SSSR count). The molecular formula is C10H17NaO4S. The molecule has 0 aromatic carbocycles. The van der Waals surface area contributed by atoms with E-state index in [0.717, 1.165) is 19.3 Å². The molecule has 0 unspecified atom stereocenters. The zero-order valence-corrected chi connectivity index (χ0v) is 12.7. The van der Waals surface area contributed by atoms with Gasteiger partial charge in [-0.05, 0) is 25.7 Å². The minimum atomic E-state index is -4.51. The topological polar surface area (TPSA) is 66.4 Å². The van der Waals surface area contributed by atoms with E-state index >= 15 is 0 Å². The van der Waals surface area contributed by atoms with Crippen LogP contribution in [0.2, 0.25) is 0 Å². The predicted molar refractivity (Wildman–Crippen MR) is 58.1 cm³/mol. The fourth-order valence-electron chi connectivity index (χ4n) is 0.918. The molecule has 0 aliphatic carbocycles. The second-order valence-corrected chi connectivity index (χ2v) is 4.01. The Hall–Kier alpha value is 0.350. The van der Waals surface area contributed by atoms with Crippen molar-refractivity contribution in [2.24, 2.45) is 0 Å². The van der Waals surface area contributed by atoms with Gasteiger partial charge in [0.25, 0.3) is 0 Å². The average Bonchev–Trinajstić information content (AvgIpc) is 2.14. The number of hydrogen-bond donors (Lipinski definition) is 0. The van der Waals surface area contributed by atoms with Crippen molar-refractivity contribution in [3.05, 3.63) is 24.3 Å². The molecule has 0 heterocycles. The summed E-state index contributed by atoms with van der Waals surface area (Å²) in [4.78, 5) is 0. The van der Waals surface area contributed by atoms with Gasteiger partial charge in [-0.3, -0.25) is 4.18 Å². The summed E-state index contributed by atoms with van der Waals surface area (Å²) in [5.74, 6) is 0. The molecule has 0 amide bonds. The number of allylic oxidation sites excluding steroid dienone is 4. The summed E-state index contributed by atoms with van der Waals surface area (Å²) in [5, 5.41) is 0. The van der Waals surface area contributed by atoms with Gasteiger partial charge in [-0.25, -0.2) is 8.42 Å². The third-order valence-electron chi connectivity index (χ3n) is 1.58. The first-order valence-corrected chi connectivity index (χ1v) is 6.30. The van der Waals surface area contributed by atoms with Crippen molar-refractivity contribution in [2.75, 3.05) is 6.61 Å². The van der Waals surface area contributed by atoms with Crippen molar-refractivity contribution >= 4 is 10.4 Å². The molecule has 0 radical (unpaired) electrons. The molecular weight excluding hydrogens is 239 g/mol. The molecule has 0 aromatic rings. The molecule has 16 heavy (non-hydrogen) atoms. The van der Waals surface area contributed by atoms with Crippen LogP contribution in [-0.4, -0.2) is 19.6 Å². The van der Waals surface area contributed by atoms with Crippen molar-refractivity contribution in [3.63, 3.8) is 0 Å². The van der Waals surface area contributed by atoms with Crippen LogP contribution in [0.15, 0.2) is 24.3 Å². The van der Waals surface area contributed by atoms with E-state index in [1.807, 2.05) is 12.2 Å². The van der Waals surface area contributed by atoms with E-state index in [-0.39, 0.29) is 36.2 Å². The first-order valence-electron chi connectivity index (χ1n) is 4.96. The average molecular weight is 256 g/mol. The molecule has 0 aliphatic rings. The smallest absolute Gasteiger partial charge is 0.726 e. The largest absolute Gasteiger partial charge is 1.00 e. The standard InChI is InChI=1S/C10H18O4S.Na/c1-2-3-4-5-6-7-8-9-10-14-15(11,12)13;/h3-4,6-7H,2,5,8-10H2,1H3,(H,11,12,13);/q;+1/p-1/b4-3+,7-6+;. The zero-order valence-electron chi connectivity index (χ0n) is 9.89. The quantitative estimate of drug-likeness (QED) is 0.187. The Bertz CT molecular complexity index is 296. The van der Waals surface area contributed by atoms with Crippen LogP contribution in [-0.2, 0) is 14.6 Å². The van der Waals surface area contributed by atoms with Crippen molar-refractivity contribution in [1.82, 2.24) is 0 Å².